The van der Waals surface area contributed by atoms with E-state index in [0.717, 1.165) is 17.0 Å². The normalized spacial score (nSPS) is 13.7. The number of hydrogen-bond donors (Lipinski definition) is 2. The van der Waals surface area contributed by atoms with Crippen molar-refractivity contribution in [3.05, 3.63) is 52.0 Å². The van der Waals surface area contributed by atoms with Gasteiger partial charge >= 0.3 is 0 Å². The van der Waals surface area contributed by atoms with Crippen molar-refractivity contribution in [2.45, 2.75) is 32.4 Å². The zero-order chi connectivity index (χ0) is 15.3. The van der Waals surface area contributed by atoms with Gasteiger partial charge in [-0.25, -0.2) is 4.98 Å². The zero-order valence-electron chi connectivity index (χ0n) is 12.6. The van der Waals surface area contributed by atoms with Crippen molar-refractivity contribution in [3.63, 3.8) is 0 Å². The first-order valence-electron chi connectivity index (χ1n) is 7.05. The minimum Gasteiger partial charge on any atom is -0.355 e. The summed E-state index contributed by atoms with van der Waals surface area (Å²) in [5.41, 5.74) is 1.63. The summed E-state index contributed by atoms with van der Waals surface area (Å²) >= 11 is 1.66. The summed E-state index contributed by atoms with van der Waals surface area (Å²) in [4.78, 5) is 16.1. The van der Waals surface area contributed by atoms with Crippen LogP contribution in [0.2, 0.25) is 0 Å². The van der Waals surface area contributed by atoms with E-state index in [1.165, 1.54) is 0 Å². The van der Waals surface area contributed by atoms with Crippen molar-refractivity contribution < 1.29 is 4.79 Å². The molecule has 5 heteroatoms. The molecular formula is C16H21N3OS. The van der Waals surface area contributed by atoms with Crippen molar-refractivity contribution >= 4 is 17.2 Å². The van der Waals surface area contributed by atoms with Gasteiger partial charge in [0.15, 0.2) is 0 Å². The van der Waals surface area contributed by atoms with Crippen LogP contribution in [0.25, 0.3) is 0 Å². The van der Waals surface area contributed by atoms with Crippen LogP contribution < -0.4 is 10.6 Å². The smallest absolute Gasteiger partial charge is 0.251 e. The van der Waals surface area contributed by atoms with E-state index in [1.54, 1.807) is 18.4 Å². The van der Waals surface area contributed by atoms with Crippen molar-refractivity contribution in [1.82, 2.24) is 15.6 Å². The summed E-state index contributed by atoms with van der Waals surface area (Å²) in [6, 6.07) is 7.68. The highest BCUT2D eigenvalue weighted by Gasteiger charge is 2.26. The number of aromatic nitrogens is 1. The quantitative estimate of drug-likeness (QED) is 0.862. The highest BCUT2D eigenvalue weighted by molar-refractivity contribution is 7.09. The molecule has 0 aliphatic heterocycles. The van der Waals surface area contributed by atoms with Crippen LogP contribution in [0.5, 0.6) is 0 Å². The third-order valence-corrected chi connectivity index (χ3v) is 4.75. The standard InChI is InChI=1S/C16H21N3OS/c1-4-16(2,15-18-8-9-21-15)19-11-12-6-5-7-13(10-12)14(20)17-3/h5-10,19H,4,11H2,1-3H3,(H,17,20)/t16-/m1/s1. The number of thiazole rings is 1. The molecule has 2 N–H and O–H groups in total. The minimum atomic E-state index is -0.142. The number of amides is 1. The number of rotatable bonds is 6. The fourth-order valence-electron chi connectivity index (χ4n) is 2.11. The van der Waals surface area contributed by atoms with Crippen LogP contribution in [0.1, 0.15) is 41.2 Å². The van der Waals surface area contributed by atoms with E-state index in [1.807, 2.05) is 35.8 Å². The van der Waals surface area contributed by atoms with E-state index >= 15 is 0 Å². The lowest BCUT2D eigenvalue weighted by Crippen LogP contribution is -2.38. The fraction of sp³-hybridized carbons (Fsp3) is 0.375. The number of benzene rings is 1. The molecule has 0 spiro atoms. The molecule has 0 bridgehead atoms. The van der Waals surface area contributed by atoms with Gasteiger partial charge < -0.3 is 10.6 Å². The molecule has 112 valence electrons. The first-order valence-corrected chi connectivity index (χ1v) is 7.93. The Bertz CT molecular complexity index is 597. The summed E-state index contributed by atoms with van der Waals surface area (Å²) in [5.74, 6) is -0.0602. The van der Waals surface area contributed by atoms with Crippen LogP contribution in [0.15, 0.2) is 35.8 Å². The molecule has 2 aromatic rings. The second-order valence-electron chi connectivity index (χ2n) is 5.16. The van der Waals surface area contributed by atoms with E-state index in [9.17, 15) is 4.79 Å². The Balaban J connectivity index is 2.10. The van der Waals surface area contributed by atoms with Crippen molar-refractivity contribution in [2.75, 3.05) is 7.05 Å². The molecule has 0 saturated carbocycles. The van der Waals surface area contributed by atoms with Crippen molar-refractivity contribution in [2.24, 2.45) is 0 Å². The monoisotopic (exact) mass is 303 g/mol. The van der Waals surface area contributed by atoms with Gasteiger partial charge in [-0.1, -0.05) is 19.1 Å². The van der Waals surface area contributed by atoms with Gasteiger partial charge in [-0.15, -0.1) is 11.3 Å². The predicted octanol–water partition coefficient (Wildman–Crippen LogP) is 2.92. The lowest BCUT2D eigenvalue weighted by molar-refractivity contribution is 0.0963. The molecule has 0 unspecified atom stereocenters. The summed E-state index contributed by atoms with van der Waals surface area (Å²) in [7, 11) is 1.64. The van der Waals surface area contributed by atoms with Crippen LogP contribution in [0, 0.1) is 0 Å². The Morgan fingerprint density at radius 1 is 1.43 bits per heavy atom. The van der Waals surface area contributed by atoms with E-state index in [2.05, 4.69) is 29.5 Å². The first-order chi connectivity index (χ1) is 10.1. The SMILES string of the molecule is CC[C@@](C)(NCc1cccc(C(=O)NC)c1)c1nccs1. The number of carbonyl (C=O) groups excluding carboxylic acids is 1. The van der Waals surface area contributed by atoms with E-state index in [-0.39, 0.29) is 11.4 Å². The van der Waals surface area contributed by atoms with Gasteiger partial charge in [0.25, 0.3) is 5.91 Å². The second-order valence-corrected chi connectivity index (χ2v) is 6.05. The van der Waals surface area contributed by atoms with Crippen LogP contribution in [-0.4, -0.2) is 17.9 Å². The van der Waals surface area contributed by atoms with Crippen LogP contribution >= 0.6 is 11.3 Å². The molecule has 1 atom stereocenters. The van der Waals surface area contributed by atoms with Gasteiger partial charge in [0, 0.05) is 30.7 Å². The lowest BCUT2D eigenvalue weighted by atomic mass is 9.99. The second kappa shape index (κ2) is 6.83. The molecule has 0 radical (unpaired) electrons. The average Bonchev–Trinajstić information content (AvgIpc) is 3.07. The van der Waals surface area contributed by atoms with Gasteiger partial charge in [0.1, 0.15) is 5.01 Å². The highest BCUT2D eigenvalue weighted by Crippen LogP contribution is 2.26. The maximum absolute atomic E-state index is 11.7. The number of nitrogens with zero attached hydrogens (tertiary/aromatic N) is 1. The van der Waals surface area contributed by atoms with E-state index in [4.69, 9.17) is 0 Å². The molecular weight excluding hydrogens is 282 g/mol. The maximum Gasteiger partial charge on any atom is 0.251 e. The van der Waals surface area contributed by atoms with E-state index < -0.39 is 0 Å². The molecule has 0 aliphatic carbocycles. The van der Waals surface area contributed by atoms with Gasteiger partial charge in [-0.3, -0.25) is 4.79 Å². The summed E-state index contributed by atoms with van der Waals surface area (Å²) in [6.45, 7) is 5.01. The summed E-state index contributed by atoms with van der Waals surface area (Å²) in [6.07, 6.45) is 2.79. The van der Waals surface area contributed by atoms with Gasteiger partial charge in [-0.05, 0) is 31.0 Å². The topological polar surface area (TPSA) is 54.0 Å². The largest absolute Gasteiger partial charge is 0.355 e. The van der Waals surface area contributed by atoms with Crippen LogP contribution in [0.4, 0.5) is 0 Å². The molecule has 1 amide bonds. The Kier molecular flexibility index (Phi) is 5.09. The zero-order valence-corrected chi connectivity index (χ0v) is 13.5. The predicted molar refractivity (Wildman–Crippen MR) is 86.4 cm³/mol. The number of hydrogen-bond acceptors (Lipinski definition) is 4. The van der Waals surface area contributed by atoms with Crippen molar-refractivity contribution in [3.8, 4) is 0 Å². The molecule has 21 heavy (non-hydrogen) atoms. The Morgan fingerprint density at radius 2 is 2.24 bits per heavy atom. The van der Waals surface area contributed by atoms with Gasteiger partial charge in [0.2, 0.25) is 0 Å². The molecule has 4 nitrogen and oxygen atoms in total. The van der Waals surface area contributed by atoms with Crippen molar-refractivity contribution in [1.29, 1.82) is 0 Å². The van der Waals surface area contributed by atoms with E-state index in [0.29, 0.717) is 12.1 Å². The minimum absolute atomic E-state index is 0.0602. The first kappa shape index (κ1) is 15.7. The Morgan fingerprint density at radius 3 is 2.86 bits per heavy atom. The lowest BCUT2D eigenvalue weighted by Gasteiger charge is -2.27. The molecule has 2 rings (SSSR count). The van der Waals surface area contributed by atoms with Gasteiger partial charge in [0.05, 0.1) is 5.54 Å². The summed E-state index contributed by atoms with van der Waals surface area (Å²) < 4.78 is 0. The number of nitrogens with one attached hydrogen (secondary N) is 2. The molecule has 0 fully saturated rings. The van der Waals surface area contributed by atoms with Gasteiger partial charge in [-0.2, -0.15) is 0 Å². The maximum atomic E-state index is 11.7. The van der Waals surface area contributed by atoms with Crippen LogP contribution in [0.3, 0.4) is 0 Å². The fourth-order valence-corrected chi connectivity index (χ4v) is 2.96. The highest BCUT2D eigenvalue weighted by atomic mass is 32.1. The molecule has 0 saturated heterocycles. The molecule has 1 aromatic heterocycles. The van der Waals surface area contributed by atoms with Crippen LogP contribution in [-0.2, 0) is 12.1 Å². The third-order valence-electron chi connectivity index (χ3n) is 3.71. The Hall–Kier alpha value is -1.72. The average molecular weight is 303 g/mol. The Labute approximate surface area is 129 Å². The third kappa shape index (κ3) is 3.68. The number of carbonyl (C=O) groups is 1. The molecule has 0 aliphatic rings. The molecule has 1 heterocycles. The molecule has 1 aromatic carbocycles. The summed E-state index contributed by atoms with van der Waals surface area (Å²) in [5, 5.41) is 9.30.